The summed E-state index contributed by atoms with van der Waals surface area (Å²) in [7, 11) is 0. The number of anilines is 1. The Kier molecular flexibility index (Phi) is 7.04. The zero-order valence-electron chi connectivity index (χ0n) is 17.2. The zero-order valence-corrected chi connectivity index (χ0v) is 17.9. The first-order valence-corrected chi connectivity index (χ1v) is 10.4. The summed E-state index contributed by atoms with van der Waals surface area (Å²) in [5.41, 5.74) is 1.75. The summed E-state index contributed by atoms with van der Waals surface area (Å²) in [6.45, 7) is 7.46. The number of halogens is 1. The third-order valence-corrected chi connectivity index (χ3v) is 4.76. The highest BCUT2D eigenvalue weighted by Crippen LogP contribution is 2.29. The van der Waals surface area contributed by atoms with Crippen molar-refractivity contribution in [1.29, 1.82) is 0 Å². The van der Waals surface area contributed by atoms with E-state index in [2.05, 4.69) is 17.1 Å². The van der Waals surface area contributed by atoms with Gasteiger partial charge in [0.15, 0.2) is 5.82 Å². The molecule has 0 spiro atoms. The van der Waals surface area contributed by atoms with Crippen LogP contribution in [-0.2, 0) is 4.79 Å². The Morgan fingerprint density at radius 3 is 2.55 bits per heavy atom. The van der Waals surface area contributed by atoms with Gasteiger partial charge in [-0.15, -0.1) is 0 Å². The second kappa shape index (κ2) is 9.70. The number of carbonyl (C=O) groups excluding carboxylic acids is 1. The highest BCUT2D eigenvalue weighted by molar-refractivity contribution is 6.31. The summed E-state index contributed by atoms with van der Waals surface area (Å²) >= 11 is 6.23. The van der Waals surface area contributed by atoms with Gasteiger partial charge in [-0.25, -0.2) is 9.97 Å². The van der Waals surface area contributed by atoms with Crippen molar-refractivity contribution in [3.8, 4) is 11.4 Å². The number of aromatic nitrogens is 2. The lowest BCUT2D eigenvalue weighted by atomic mass is 10.1. The van der Waals surface area contributed by atoms with E-state index >= 15 is 0 Å². The normalized spacial score (nSPS) is 11.1. The molecule has 0 aliphatic carbocycles. The number of nitrogens with zero attached hydrogens (tertiary/aromatic N) is 3. The van der Waals surface area contributed by atoms with Gasteiger partial charge in [-0.1, -0.05) is 48.9 Å². The van der Waals surface area contributed by atoms with Crippen LogP contribution in [0.25, 0.3) is 22.3 Å². The van der Waals surface area contributed by atoms with Gasteiger partial charge < -0.3 is 10.2 Å². The lowest BCUT2D eigenvalue weighted by molar-refractivity contribution is -0.121. The van der Waals surface area contributed by atoms with Crippen LogP contribution in [0.2, 0.25) is 5.02 Å². The van der Waals surface area contributed by atoms with Crippen LogP contribution >= 0.6 is 11.6 Å². The molecule has 29 heavy (non-hydrogen) atoms. The molecule has 6 heteroatoms. The first-order valence-electron chi connectivity index (χ1n) is 10.0. The SMILES string of the molecule is CCCN(CCC(=O)NC(C)C)c1nc(-c2ccccc2)nc2cc(Cl)ccc12. The maximum Gasteiger partial charge on any atom is 0.221 e. The van der Waals surface area contributed by atoms with Crippen LogP contribution in [0.4, 0.5) is 5.82 Å². The molecule has 0 fully saturated rings. The molecule has 0 atom stereocenters. The van der Waals surface area contributed by atoms with Crippen molar-refractivity contribution in [3.05, 3.63) is 53.6 Å². The van der Waals surface area contributed by atoms with E-state index in [1.165, 1.54) is 0 Å². The van der Waals surface area contributed by atoms with Crippen LogP contribution in [0.15, 0.2) is 48.5 Å². The second-order valence-electron chi connectivity index (χ2n) is 7.36. The molecule has 5 nitrogen and oxygen atoms in total. The third-order valence-electron chi connectivity index (χ3n) is 4.52. The smallest absolute Gasteiger partial charge is 0.221 e. The summed E-state index contributed by atoms with van der Waals surface area (Å²) in [6, 6.07) is 15.7. The van der Waals surface area contributed by atoms with Crippen molar-refractivity contribution >= 4 is 34.2 Å². The van der Waals surface area contributed by atoms with E-state index in [1.54, 1.807) is 0 Å². The summed E-state index contributed by atoms with van der Waals surface area (Å²) in [4.78, 5) is 24.0. The van der Waals surface area contributed by atoms with Gasteiger partial charge >= 0.3 is 0 Å². The average molecular weight is 411 g/mol. The number of rotatable bonds is 8. The molecular weight excluding hydrogens is 384 g/mol. The predicted octanol–water partition coefficient (Wildman–Crippen LogP) is 5.08. The van der Waals surface area contributed by atoms with E-state index < -0.39 is 0 Å². The summed E-state index contributed by atoms with van der Waals surface area (Å²) in [5.74, 6) is 1.54. The molecule has 3 aromatic rings. The summed E-state index contributed by atoms with van der Waals surface area (Å²) in [5, 5.41) is 4.53. The molecule has 3 rings (SSSR count). The second-order valence-corrected chi connectivity index (χ2v) is 7.79. The molecule has 2 aromatic carbocycles. The van der Waals surface area contributed by atoms with Crippen molar-refractivity contribution in [2.45, 2.75) is 39.7 Å². The Morgan fingerprint density at radius 1 is 1.10 bits per heavy atom. The number of hydrogen-bond donors (Lipinski definition) is 1. The van der Waals surface area contributed by atoms with Gasteiger partial charge in [0.05, 0.1) is 5.52 Å². The Morgan fingerprint density at radius 2 is 1.86 bits per heavy atom. The molecule has 1 amide bonds. The Bertz CT molecular complexity index is 975. The van der Waals surface area contributed by atoms with Gasteiger partial charge in [-0.2, -0.15) is 0 Å². The topological polar surface area (TPSA) is 58.1 Å². The molecule has 0 saturated carbocycles. The minimum absolute atomic E-state index is 0.0470. The lowest BCUT2D eigenvalue weighted by Gasteiger charge is -2.25. The molecule has 1 heterocycles. The van der Waals surface area contributed by atoms with Crippen LogP contribution in [-0.4, -0.2) is 35.0 Å². The van der Waals surface area contributed by atoms with Gasteiger partial charge in [-0.3, -0.25) is 4.79 Å². The first-order chi connectivity index (χ1) is 14.0. The van der Waals surface area contributed by atoms with Gasteiger partial charge in [0.25, 0.3) is 0 Å². The fourth-order valence-corrected chi connectivity index (χ4v) is 3.43. The minimum atomic E-state index is 0.0470. The van der Waals surface area contributed by atoms with Crippen LogP contribution in [0.1, 0.15) is 33.6 Å². The summed E-state index contributed by atoms with van der Waals surface area (Å²) in [6.07, 6.45) is 1.36. The maximum atomic E-state index is 12.2. The maximum absolute atomic E-state index is 12.2. The number of hydrogen-bond acceptors (Lipinski definition) is 4. The molecule has 0 unspecified atom stereocenters. The predicted molar refractivity (Wildman–Crippen MR) is 120 cm³/mol. The zero-order chi connectivity index (χ0) is 20.8. The molecule has 0 saturated heterocycles. The third kappa shape index (κ3) is 5.45. The van der Waals surface area contributed by atoms with E-state index in [4.69, 9.17) is 21.6 Å². The molecule has 1 N–H and O–H groups in total. The van der Waals surface area contributed by atoms with Crippen molar-refractivity contribution in [2.24, 2.45) is 0 Å². The highest BCUT2D eigenvalue weighted by Gasteiger charge is 2.17. The molecule has 0 radical (unpaired) electrons. The van der Waals surface area contributed by atoms with Crippen molar-refractivity contribution in [2.75, 3.05) is 18.0 Å². The van der Waals surface area contributed by atoms with Gasteiger partial charge in [-0.05, 0) is 38.5 Å². The molecular formula is C23H27ClN4O. The Balaban J connectivity index is 2.02. The van der Waals surface area contributed by atoms with E-state index in [1.807, 2.05) is 62.4 Å². The lowest BCUT2D eigenvalue weighted by Crippen LogP contribution is -2.35. The van der Waals surface area contributed by atoms with Crippen molar-refractivity contribution in [1.82, 2.24) is 15.3 Å². The van der Waals surface area contributed by atoms with Gasteiger partial charge in [0, 0.05) is 41.5 Å². The standard InChI is InChI=1S/C23H27ClN4O/c1-4-13-28(14-12-21(29)25-16(2)3)23-19-11-10-18(24)15-20(19)26-22(27-23)17-8-6-5-7-9-17/h5-11,15-16H,4,12-14H2,1-3H3,(H,25,29). The van der Waals surface area contributed by atoms with Crippen molar-refractivity contribution in [3.63, 3.8) is 0 Å². The van der Waals surface area contributed by atoms with Crippen LogP contribution < -0.4 is 10.2 Å². The quantitative estimate of drug-likeness (QED) is 0.562. The van der Waals surface area contributed by atoms with E-state index in [0.717, 1.165) is 35.2 Å². The van der Waals surface area contributed by atoms with Crippen LogP contribution in [0.5, 0.6) is 0 Å². The molecule has 0 aliphatic heterocycles. The fraction of sp³-hybridized carbons (Fsp3) is 0.348. The molecule has 0 bridgehead atoms. The largest absolute Gasteiger partial charge is 0.355 e. The number of fused-ring (bicyclic) bond motifs is 1. The van der Waals surface area contributed by atoms with E-state index in [0.29, 0.717) is 23.8 Å². The number of benzene rings is 2. The molecule has 152 valence electrons. The minimum Gasteiger partial charge on any atom is -0.355 e. The first kappa shape index (κ1) is 21.1. The van der Waals surface area contributed by atoms with Crippen molar-refractivity contribution < 1.29 is 4.79 Å². The van der Waals surface area contributed by atoms with Gasteiger partial charge in [0.2, 0.25) is 5.91 Å². The van der Waals surface area contributed by atoms with Crippen LogP contribution in [0, 0.1) is 0 Å². The summed E-state index contributed by atoms with van der Waals surface area (Å²) < 4.78 is 0. The monoisotopic (exact) mass is 410 g/mol. The molecule has 1 aromatic heterocycles. The average Bonchev–Trinajstić information content (AvgIpc) is 2.70. The van der Waals surface area contributed by atoms with Gasteiger partial charge in [0.1, 0.15) is 5.82 Å². The van der Waals surface area contributed by atoms with Crippen LogP contribution in [0.3, 0.4) is 0 Å². The Labute approximate surface area is 177 Å². The fourth-order valence-electron chi connectivity index (χ4n) is 3.27. The number of nitrogens with one attached hydrogen (secondary N) is 1. The Hall–Kier alpha value is -2.66. The number of amides is 1. The highest BCUT2D eigenvalue weighted by atomic mass is 35.5. The van der Waals surface area contributed by atoms with E-state index in [-0.39, 0.29) is 11.9 Å². The molecule has 0 aliphatic rings. The number of carbonyl (C=O) groups is 1. The van der Waals surface area contributed by atoms with E-state index in [9.17, 15) is 4.79 Å².